The number of nitrogens with one attached hydrogen (secondary N) is 1. The van der Waals surface area contributed by atoms with Gasteiger partial charge in [0.25, 0.3) is 0 Å². The van der Waals surface area contributed by atoms with Crippen LogP contribution in [0.2, 0.25) is 5.02 Å². The molecule has 1 N–H and O–H groups in total. The molecule has 1 amide bonds. The van der Waals surface area contributed by atoms with E-state index in [1.807, 2.05) is 0 Å². The Balaban J connectivity index is 1.92. The molecular weight excluding hydrogens is 346 g/mol. The molecule has 2 rings (SSSR count). The van der Waals surface area contributed by atoms with Crippen molar-refractivity contribution >= 4 is 35.0 Å². The number of thioether (sulfide) groups is 1. The van der Waals surface area contributed by atoms with Crippen molar-refractivity contribution in [3.63, 3.8) is 0 Å². The normalized spacial score (nSPS) is 10.3. The molecule has 0 aromatic heterocycles. The molecule has 0 atom stereocenters. The number of rotatable bonds is 7. The van der Waals surface area contributed by atoms with Crippen LogP contribution in [-0.4, -0.2) is 25.9 Å². The molecule has 2 aromatic rings. The van der Waals surface area contributed by atoms with Gasteiger partial charge in [-0.25, -0.2) is 0 Å². The van der Waals surface area contributed by atoms with Crippen LogP contribution in [0.3, 0.4) is 0 Å². The first-order valence-electron chi connectivity index (χ1n) is 7.44. The van der Waals surface area contributed by atoms with Gasteiger partial charge < -0.3 is 14.8 Å². The lowest BCUT2D eigenvalue weighted by Gasteiger charge is -2.13. The number of carbonyl (C=O) groups is 1. The van der Waals surface area contributed by atoms with Crippen LogP contribution in [0.1, 0.15) is 12.0 Å². The zero-order valence-electron chi connectivity index (χ0n) is 13.9. The molecule has 0 unspecified atom stereocenters. The Labute approximate surface area is 151 Å². The van der Waals surface area contributed by atoms with Gasteiger partial charge in [0, 0.05) is 23.1 Å². The van der Waals surface area contributed by atoms with E-state index in [1.165, 1.54) is 19.8 Å². The van der Waals surface area contributed by atoms with Crippen molar-refractivity contribution in [1.29, 1.82) is 0 Å². The first-order chi connectivity index (χ1) is 11.5. The summed E-state index contributed by atoms with van der Waals surface area (Å²) in [6.07, 6.45) is 0.394. The van der Waals surface area contributed by atoms with E-state index in [0.29, 0.717) is 34.4 Å². The van der Waals surface area contributed by atoms with E-state index >= 15 is 0 Å². The number of ether oxygens (including phenoxy) is 2. The van der Waals surface area contributed by atoms with Gasteiger partial charge in [-0.2, -0.15) is 0 Å². The minimum Gasteiger partial charge on any atom is -0.495 e. The quantitative estimate of drug-likeness (QED) is 0.717. The van der Waals surface area contributed by atoms with Gasteiger partial charge in [-0.05, 0) is 25.1 Å². The number of halogens is 1. The molecule has 0 fully saturated rings. The Kier molecular flexibility index (Phi) is 6.82. The van der Waals surface area contributed by atoms with Crippen molar-refractivity contribution in [3.05, 3.63) is 47.0 Å². The fourth-order valence-electron chi connectivity index (χ4n) is 2.07. The second-order valence-electron chi connectivity index (χ2n) is 5.15. The van der Waals surface area contributed by atoms with E-state index < -0.39 is 0 Å². The average Bonchev–Trinajstić information content (AvgIpc) is 2.57. The average molecular weight is 366 g/mol. The molecule has 0 aliphatic carbocycles. The SMILES string of the molecule is COc1cc(OC)c(NC(=O)CCSc2ccc(C)cc2)cc1Cl. The van der Waals surface area contributed by atoms with E-state index in [0.717, 1.165) is 4.90 Å². The Morgan fingerprint density at radius 2 is 1.79 bits per heavy atom. The molecule has 6 heteroatoms. The van der Waals surface area contributed by atoms with Crippen LogP contribution in [0.5, 0.6) is 11.5 Å². The van der Waals surface area contributed by atoms with Crippen LogP contribution in [-0.2, 0) is 4.79 Å². The molecule has 2 aromatic carbocycles. The van der Waals surface area contributed by atoms with Gasteiger partial charge in [0.05, 0.1) is 24.9 Å². The van der Waals surface area contributed by atoms with Crippen molar-refractivity contribution < 1.29 is 14.3 Å². The van der Waals surface area contributed by atoms with Gasteiger partial charge in [-0.15, -0.1) is 11.8 Å². The second-order valence-corrected chi connectivity index (χ2v) is 6.72. The van der Waals surface area contributed by atoms with Gasteiger partial charge in [0.2, 0.25) is 5.91 Å². The summed E-state index contributed by atoms with van der Waals surface area (Å²) in [7, 11) is 3.06. The molecule has 0 spiro atoms. The molecule has 0 aliphatic heterocycles. The summed E-state index contributed by atoms with van der Waals surface area (Å²) in [5.41, 5.74) is 1.76. The molecule has 4 nitrogen and oxygen atoms in total. The van der Waals surface area contributed by atoms with Crippen molar-refractivity contribution in [2.75, 3.05) is 25.3 Å². The van der Waals surface area contributed by atoms with E-state index in [1.54, 1.807) is 23.9 Å². The van der Waals surface area contributed by atoms with Crippen LogP contribution < -0.4 is 14.8 Å². The summed E-state index contributed by atoms with van der Waals surface area (Å²) in [6.45, 7) is 2.05. The van der Waals surface area contributed by atoms with Gasteiger partial charge in [-0.3, -0.25) is 4.79 Å². The zero-order chi connectivity index (χ0) is 17.5. The molecule has 128 valence electrons. The van der Waals surface area contributed by atoms with E-state index in [2.05, 4.69) is 36.5 Å². The fourth-order valence-corrected chi connectivity index (χ4v) is 3.16. The van der Waals surface area contributed by atoms with E-state index in [9.17, 15) is 4.79 Å². The highest BCUT2D eigenvalue weighted by molar-refractivity contribution is 7.99. The van der Waals surface area contributed by atoms with Crippen molar-refractivity contribution in [3.8, 4) is 11.5 Å². The smallest absolute Gasteiger partial charge is 0.225 e. The Morgan fingerprint density at radius 1 is 1.12 bits per heavy atom. The summed E-state index contributed by atoms with van der Waals surface area (Å²) >= 11 is 7.75. The Bertz CT molecular complexity index is 704. The zero-order valence-corrected chi connectivity index (χ0v) is 15.5. The van der Waals surface area contributed by atoms with E-state index in [4.69, 9.17) is 21.1 Å². The summed E-state index contributed by atoms with van der Waals surface area (Å²) in [4.78, 5) is 13.3. The summed E-state index contributed by atoms with van der Waals surface area (Å²) in [5, 5.41) is 3.25. The standard InChI is InChI=1S/C18H20ClNO3S/c1-12-4-6-13(7-5-12)24-9-8-18(21)20-15-10-14(19)16(22-2)11-17(15)23-3/h4-7,10-11H,8-9H2,1-3H3,(H,20,21). The fraction of sp³-hybridized carbons (Fsp3) is 0.278. The lowest BCUT2D eigenvalue weighted by atomic mass is 10.2. The summed E-state index contributed by atoms with van der Waals surface area (Å²) in [5.74, 6) is 1.62. The number of aryl methyl sites for hydroxylation is 1. The summed E-state index contributed by atoms with van der Waals surface area (Å²) < 4.78 is 10.4. The molecule has 24 heavy (non-hydrogen) atoms. The third-order valence-electron chi connectivity index (χ3n) is 3.37. The van der Waals surface area contributed by atoms with Crippen LogP contribution in [0.25, 0.3) is 0 Å². The molecular formula is C18H20ClNO3S. The summed E-state index contributed by atoms with van der Waals surface area (Å²) in [6, 6.07) is 11.5. The molecule has 0 bridgehead atoms. The third kappa shape index (κ3) is 5.08. The van der Waals surface area contributed by atoms with Crippen LogP contribution in [0.4, 0.5) is 5.69 Å². The number of carbonyl (C=O) groups excluding carboxylic acids is 1. The number of hydrogen-bond acceptors (Lipinski definition) is 4. The van der Waals surface area contributed by atoms with Crippen molar-refractivity contribution in [2.45, 2.75) is 18.2 Å². The highest BCUT2D eigenvalue weighted by Gasteiger charge is 2.12. The largest absolute Gasteiger partial charge is 0.495 e. The van der Waals surface area contributed by atoms with Crippen molar-refractivity contribution in [2.24, 2.45) is 0 Å². The molecule has 0 aliphatic rings. The number of benzene rings is 2. The van der Waals surface area contributed by atoms with Crippen molar-refractivity contribution in [1.82, 2.24) is 0 Å². The minimum atomic E-state index is -0.0888. The highest BCUT2D eigenvalue weighted by atomic mass is 35.5. The third-order valence-corrected chi connectivity index (χ3v) is 4.68. The number of anilines is 1. The molecule has 0 saturated carbocycles. The number of methoxy groups -OCH3 is 2. The maximum absolute atomic E-state index is 12.1. The number of amides is 1. The van der Waals surface area contributed by atoms with Crippen LogP contribution >= 0.6 is 23.4 Å². The predicted molar refractivity (Wildman–Crippen MR) is 99.7 cm³/mol. The van der Waals surface area contributed by atoms with Crippen LogP contribution in [0, 0.1) is 6.92 Å². The monoisotopic (exact) mass is 365 g/mol. The maximum Gasteiger partial charge on any atom is 0.225 e. The van der Waals surface area contributed by atoms with Gasteiger partial charge in [0.15, 0.2) is 0 Å². The van der Waals surface area contributed by atoms with E-state index in [-0.39, 0.29) is 5.91 Å². The molecule has 0 saturated heterocycles. The van der Waals surface area contributed by atoms with Gasteiger partial charge in [0.1, 0.15) is 11.5 Å². The topological polar surface area (TPSA) is 47.6 Å². The van der Waals surface area contributed by atoms with Gasteiger partial charge >= 0.3 is 0 Å². The minimum absolute atomic E-state index is 0.0888. The van der Waals surface area contributed by atoms with Crippen LogP contribution in [0.15, 0.2) is 41.3 Å². The lowest BCUT2D eigenvalue weighted by molar-refractivity contribution is -0.115. The first-order valence-corrected chi connectivity index (χ1v) is 8.80. The lowest BCUT2D eigenvalue weighted by Crippen LogP contribution is -2.13. The maximum atomic E-state index is 12.1. The second kappa shape index (κ2) is 8.85. The molecule has 0 heterocycles. The Hall–Kier alpha value is -1.85. The first kappa shape index (κ1) is 18.5. The predicted octanol–water partition coefficient (Wildman–Crippen LogP) is 4.79. The highest BCUT2D eigenvalue weighted by Crippen LogP contribution is 2.36. The molecule has 0 radical (unpaired) electrons. The van der Waals surface area contributed by atoms with Gasteiger partial charge in [-0.1, -0.05) is 29.3 Å². The number of hydrogen-bond donors (Lipinski definition) is 1. The Morgan fingerprint density at radius 3 is 2.42 bits per heavy atom.